The van der Waals surface area contributed by atoms with Gasteiger partial charge in [0.15, 0.2) is 0 Å². The fraction of sp³-hybridized carbons (Fsp3) is 0.923. The van der Waals surface area contributed by atoms with Crippen molar-refractivity contribution in [2.24, 2.45) is 5.92 Å². The summed E-state index contributed by atoms with van der Waals surface area (Å²) in [5, 5.41) is 6.35. The molecule has 1 heterocycles. The Hall–Kier alpha value is -0.610. The number of nitrogens with one attached hydrogen (secondary N) is 2. The first kappa shape index (κ1) is 14.5. The fourth-order valence-corrected chi connectivity index (χ4v) is 2.10. The van der Waals surface area contributed by atoms with Gasteiger partial charge in [-0.15, -0.1) is 0 Å². The zero-order valence-corrected chi connectivity index (χ0v) is 11.6. The molecule has 1 amide bonds. The highest BCUT2D eigenvalue weighted by Crippen LogP contribution is 2.12. The summed E-state index contributed by atoms with van der Waals surface area (Å²) in [5.74, 6) is 0.797. The summed E-state index contributed by atoms with van der Waals surface area (Å²) >= 11 is 0. The third kappa shape index (κ3) is 5.04. The molecule has 0 aromatic rings. The molecule has 17 heavy (non-hydrogen) atoms. The lowest BCUT2D eigenvalue weighted by atomic mass is 10.0. The Kier molecular flexibility index (Phi) is 5.92. The van der Waals surface area contributed by atoms with Crippen molar-refractivity contribution in [1.82, 2.24) is 15.5 Å². The van der Waals surface area contributed by atoms with Crippen LogP contribution < -0.4 is 10.6 Å². The molecule has 1 rings (SSSR count). The maximum Gasteiger partial charge on any atom is 0.233 e. The van der Waals surface area contributed by atoms with Gasteiger partial charge in [-0.2, -0.15) is 0 Å². The number of hydrogen-bond acceptors (Lipinski definition) is 3. The van der Waals surface area contributed by atoms with Gasteiger partial charge >= 0.3 is 0 Å². The number of amides is 1. The van der Waals surface area contributed by atoms with Crippen molar-refractivity contribution in [3.63, 3.8) is 0 Å². The van der Waals surface area contributed by atoms with Crippen molar-refractivity contribution in [3.8, 4) is 0 Å². The molecule has 0 aromatic heterocycles. The molecule has 100 valence electrons. The van der Waals surface area contributed by atoms with E-state index < -0.39 is 0 Å². The molecule has 1 aliphatic heterocycles. The second-order valence-electron chi connectivity index (χ2n) is 5.42. The van der Waals surface area contributed by atoms with Crippen LogP contribution in [0.1, 0.15) is 33.6 Å². The molecule has 0 radical (unpaired) electrons. The highest BCUT2D eigenvalue weighted by Gasteiger charge is 2.22. The van der Waals surface area contributed by atoms with Crippen molar-refractivity contribution in [2.45, 2.75) is 45.7 Å². The van der Waals surface area contributed by atoms with Gasteiger partial charge in [0.05, 0.1) is 6.54 Å². The van der Waals surface area contributed by atoms with Crippen LogP contribution in [0.4, 0.5) is 0 Å². The number of piperidine rings is 1. The van der Waals surface area contributed by atoms with Crippen molar-refractivity contribution in [1.29, 1.82) is 0 Å². The highest BCUT2D eigenvalue weighted by atomic mass is 16.1. The minimum absolute atomic E-state index is 0.118. The lowest BCUT2D eigenvalue weighted by Crippen LogP contribution is -2.48. The third-order valence-corrected chi connectivity index (χ3v) is 3.73. The van der Waals surface area contributed by atoms with Crippen LogP contribution in [0.3, 0.4) is 0 Å². The van der Waals surface area contributed by atoms with E-state index in [1.165, 1.54) is 0 Å². The molecule has 1 atom stereocenters. The normalized spacial score (nSPS) is 20.5. The SMILES string of the molecule is CNC(=O)CN1CCC(NC(C)C(C)C)CC1. The molecule has 0 bridgehead atoms. The molecule has 0 saturated carbocycles. The molecule has 0 spiro atoms. The van der Waals surface area contributed by atoms with Gasteiger partial charge in [-0.05, 0) is 25.7 Å². The summed E-state index contributed by atoms with van der Waals surface area (Å²) in [6.45, 7) is 9.34. The summed E-state index contributed by atoms with van der Waals surface area (Å²) in [4.78, 5) is 13.5. The summed E-state index contributed by atoms with van der Waals surface area (Å²) in [6, 6.07) is 1.19. The van der Waals surface area contributed by atoms with Gasteiger partial charge in [0.1, 0.15) is 0 Å². The number of rotatable bonds is 5. The Morgan fingerprint density at radius 2 is 1.88 bits per heavy atom. The van der Waals surface area contributed by atoms with Crippen molar-refractivity contribution in [2.75, 3.05) is 26.7 Å². The molecule has 1 saturated heterocycles. The average Bonchev–Trinajstić information content (AvgIpc) is 2.31. The van der Waals surface area contributed by atoms with Gasteiger partial charge in [-0.3, -0.25) is 9.69 Å². The van der Waals surface area contributed by atoms with Gasteiger partial charge in [-0.1, -0.05) is 13.8 Å². The first-order chi connectivity index (χ1) is 8.02. The quantitative estimate of drug-likeness (QED) is 0.749. The number of carbonyl (C=O) groups excluding carboxylic acids is 1. The monoisotopic (exact) mass is 241 g/mol. The van der Waals surface area contributed by atoms with Gasteiger partial charge in [0.25, 0.3) is 0 Å². The van der Waals surface area contributed by atoms with Crippen LogP contribution in [0.5, 0.6) is 0 Å². The second kappa shape index (κ2) is 6.97. The van der Waals surface area contributed by atoms with Gasteiger partial charge in [-0.25, -0.2) is 0 Å². The zero-order valence-electron chi connectivity index (χ0n) is 11.6. The Labute approximate surface area is 105 Å². The minimum atomic E-state index is 0.118. The van der Waals surface area contributed by atoms with Crippen molar-refractivity contribution in [3.05, 3.63) is 0 Å². The van der Waals surface area contributed by atoms with Crippen molar-refractivity contribution >= 4 is 5.91 Å². The molecule has 1 fully saturated rings. The molecular formula is C13H27N3O. The number of carbonyl (C=O) groups is 1. The molecule has 1 aliphatic rings. The average molecular weight is 241 g/mol. The second-order valence-corrected chi connectivity index (χ2v) is 5.42. The first-order valence-corrected chi connectivity index (χ1v) is 6.72. The van der Waals surface area contributed by atoms with E-state index in [2.05, 4.69) is 36.3 Å². The molecule has 2 N–H and O–H groups in total. The fourth-order valence-electron chi connectivity index (χ4n) is 2.10. The van der Waals surface area contributed by atoms with E-state index in [-0.39, 0.29) is 5.91 Å². The smallest absolute Gasteiger partial charge is 0.233 e. The Morgan fingerprint density at radius 1 is 1.29 bits per heavy atom. The summed E-state index contributed by atoms with van der Waals surface area (Å²) in [6.07, 6.45) is 2.29. The number of hydrogen-bond donors (Lipinski definition) is 2. The minimum Gasteiger partial charge on any atom is -0.358 e. The predicted octanol–water partition coefficient (Wildman–Crippen LogP) is 0.831. The van der Waals surface area contributed by atoms with Crippen LogP contribution in [0, 0.1) is 5.92 Å². The molecule has 1 unspecified atom stereocenters. The van der Waals surface area contributed by atoms with Gasteiger partial charge < -0.3 is 10.6 Å². The van der Waals surface area contributed by atoms with Crippen LogP contribution in [0.15, 0.2) is 0 Å². The van der Waals surface area contributed by atoms with E-state index in [9.17, 15) is 4.79 Å². The maximum absolute atomic E-state index is 11.3. The van der Waals surface area contributed by atoms with Crippen LogP contribution >= 0.6 is 0 Å². The Balaban J connectivity index is 2.24. The van der Waals surface area contributed by atoms with Gasteiger partial charge in [0.2, 0.25) is 5.91 Å². The Morgan fingerprint density at radius 3 is 2.35 bits per heavy atom. The lowest BCUT2D eigenvalue weighted by molar-refractivity contribution is -0.122. The van der Waals surface area contributed by atoms with Crippen LogP contribution in [0.25, 0.3) is 0 Å². The molecular weight excluding hydrogens is 214 g/mol. The van der Waals surface area contributed by atoms with E-state index in [0.29, 0.717) is 24.5 Å². The van der Waals surface area contributed by atoms with Gasteiger partial charge in [0, 0.05) is 32.2 Å². The van der Waals surface area contributed by atoms with E-state index >= 15 is 0 Å². The Bertz CT molecular complexity index is 235. The summed E-state index contributed by atoms with van der Waals surface area (Å²) in [7, 11) is 1.70. The van der Waals surface area contributed by atoms with E-state index in [1.807, 2.05) is 0 Å². The first-order valence-electron chi connectivity index (χ1n) is 6.72. The molecule has 4 nitrogen and oxygen atoms in total. The highest BCUT2D eigenvalue weighted by molar-refractivity contribution is 5.77. The van der Waals surface area contributed by atoms with Crippen LogP contribution in [-0.4, -0.2) is 49.6 Å². The topological polar surface area (TPSA) is 44.4 Å². The van der Waals surface area contributed by atoms with Crippen LogP contribution in [0.2, 0.25) is 0 Å². The molecule has 4 heteroatoms. The largest absolute Gasteiger partial charge is 0.358 e. The lowest BCUT2D eigenvalue weighted by Gasteiger charge is -2.34. The number of nitrogens with zero attached hydrogens (tertiary/aromatic N) is 1. The maximum atomic E-state index is 11.3. The summed E-state index contributed by atoms with van der Waals surface area (Å²) < 4.78 is 0. The van der Waals surface area contributed by atoms with E-state index in [4.69, 9.17) is 0 Å². The van der Waals surface area contributed by atoms with Crippen LogP contribution in [-0.2, 0) is 4.79 Å². The zero-order chi connectivity index (χ0) is 12.8. The van der Waals surface area contributed by atoms with E-state index in [0.717, 1.165) is 25.9 Å². The standard InChI is InChI=1S/C13H27N3O/c1-10(2)11(3)15-12-5-7-16(8-6-12)9-13(17)14-4/h10-12,15H,5-9H2,1-4H3,(H,14,17). The number of likely N-dealkylation sites (tertiary alicyclic amines) is 1. The third-order valence-electron chi connectivity index (χ3n) is 3.73. The van der Waals surface area contributed by atoms with E-state index in [1.54, 1.807) is 7.05 Å². The van der Waals surface area contributed by atoms with Crippen molar-refractivity contribution < 1.29 is 4.79 Å². The summed E-state index contributed by atoms with van der Waals surface area (Å²) in [5.41, 5.74) is 0. The number of likely N-dealkylation sites (N-methyl/N-ethyl adjacent to an activating group) is 1. The molecule has 0 aliphatic carbocycles. The molecule has 0 aromatic carbocycles. The predicted molar refractivity (Wildman–Crippen MR) is 71.0 cm³/mol.